The lowest BCUT2D eigenvalue weighted by atomic mass is 10.1. The molecule has 0 unspecified atom stereocenters. The number of aromatic amines is 1. The molecule has 0 saturated heterocycles. The van der Waals surface area contributed by atoms with Gasteiger partial charge in [-0.2, -0.15) is 0 Å². The standard InChI is InChI=1S/C17H22N2O2/c1-7-21-17(20)16-11(4)13(6)19-15(16)8-14-10(3)9(2)12(5)18-14/h8,19H,7H2,1-6H3. The zero-order valence-corrected chi connectivity index (χ0v) is 13.5. The van der Waals surface area contributed by atoms with Gasteiger partial charge >= 0.3 is 5.97 Å². The Morgan fingerprint density at radius 3 is 2.38 bits per heavy atom. The molecule has 2 rings (SSSR count). The summed E-state index contributed by atoms with van der Waals surface area (Å²) in [6.45, 7) is 12.2. The first-order valence-corrected chi connectivity index (χ1v) is 7.18. The van der Waals surface area contributed by atoms with Gasteiger partial charge in [0.05, 0.1) is 23.6 Å². The van der Waals surface area contributed by atoms with Gasteiger partial charge in [-0.05, 0) is 64.3 Å². The monoisotopic (exact) mass is 286 g/mol. The molecule has 1 aromatic rings. The van der Waals surface area contributed by atoms with E-state index in [0.29, 0.717) is 12.2 Å². The van der Waals surface area contributed by atoms with Crippen LogP contribution in [0, 0.1) is 13.8 Å². The summed E-state index contributed by atoms with van der Waals surface area (Å²) in [7, 11) is 0. The van der Waals surface area contributed by atoms with Crippen molar-refractivity contribution in [2.75, 3.05) is 6.61 Å². The molecule has 0 aliphatic carbocycles. The van der Waals surface area contributed by atoms with Crippen molar-refractivity contribution in [1.82, 2.24) is 4.98 Å². The molecule has 0 amide bonds. The minimum absolute atomic E-state index is 0.289. The van der Waals surface area contributed by atoms with Crippen LogP contribution in [0.15, 0.2) is 21.8 Å². The number of carbonyl (C=O) groups is 1. The predicted molar refractivity (Wildman–Crippen MR) is 85.7 cm³/mol. The van der Waals surface area contributed by atoms with Gasteiger partial charge in [0.2, 0.25) is 0 Å². The van der Waals surface area contributed by atoms with E-state index in [1.807, 2.05) is 40.7 Å². The molecule has 0 bridgehead atoms. The van der Waals surface area contributed by atoms with E-state index in [0.717, 1.165) is 33.9 Å². The Bertz CT molecular complexity index is 688. The van der Waals surface area contributed by atoms with E-state index >= 15 is 0 Å². The Kier molecular flexibility index (Phi) is 4.16. The van der Waals surface area contributed by atoms with Crippen molar-refractivity contribution in [3.8, 4) is 0 Å². The number of aryl methyl sites for hydroxylation is 1. The second-order valence-electron chi connectivity index (χ2n) is 5.36. The van der Waals surface area contributed by atoms with Crippen LogP contribution >= 0.6 is 0 Å². The SMILES string of the molecule is CCOC(=O)c1c(C=C2N=C(C)C(C)=C2C)[nH]c(C)c1C. The lowest BCUT2D eigenvalue weighted by molar-refractivity contribution is 0.0525. The molecule has 1 aromatic heterocycles. The molecule has 4 nitrogen and oxygen atoms in total. The van der Waals surface area contributed by atoms with Gasteiger partial charge < -0.3 is 9.72 Å². The van der Waals surface area contributed by atoms with E-state index in [9.17, 15) is 4.79 Å². The number of nitrogens with one attached hydrogen (secondary N) is 1. The number of esters is 1. The number of aliphatic imine (C=N–C) groups is 1. The first-order valence-electron chi connectivity index (χ1n) is 7.18. The van der Waals surface area contributed by atoms with Gasteiger partial charge in [-0.25, -0.2) is 4.79 Å². The first kappa shape index (κ1) is 15.3. The van der Waals surface area contributed by atoms with Crippen molar-refractivity contribution in [1.29, 1.82) is 0 Å². The third kappa shape index (κ3) is 2.71. The number of nitrogens with zero attached hydrogens (tertiary/aromatic N) is 1. The molecular formula is C17H22N2O2. The molecule has 4 heteroatoms. The molecule has 21 heavy (non-hydrogen) atoms. The first-order chi connectivity index (χ1) is 9.86. The maximum Gasteiger partial charge on any atom is 0.340 e. The zero-order valence-electron chi connectivity index (χ0n) is 13.5. The molecule has 0 saturated carbocycles. The van der Waals surface area contributed by atoms with E-state index in [2.05, 4.69) is 16.9 Å². The number of carbonyl (C=O) groups excluding carboxylic acids is 1. The molecule has 1 aliphatic heterocycles. The highest BCUT2D eigenvalue weighted by Crippen LogP contribution is 2.28. The lowest BCUT2D eigenvalue weighted by Gasteiger charge is -2.03. The van der Waals surface area contributed by atoms with Gasteiger partial charge in [0.15, 0.2) is 0 Å². The molecule has 0 atom stereocenters. The Labute approximate surface area is 125 Å². The number of allylic oxidation sites excluding steroid dienone is 2. The van der Waals surface area contributed by atoms with Crippen LogP contribution in [0.2, 0.25) is 0 Å². The minimum Gasteiger partial charge on any atom is -0.462 e. The van der Waals surface area contributed by atoms with Gasteiger partial charge in [-0.1, -0.05) is 0 Å². The van der Waals surface area contributed by atoms with E-state index in [-0.39, 0.29) is 5.97 Å². The molecule has 112 valence electrons. The van der Waals surface area contributed by atoms with Crippen LogP contribution in [-0.2, 0) is 4.74 Å². The molecule has 1 aliphatic rings. The summed E-state index contributed by atoms with van der Waals surface area (Å²) in [5, 5.41) is 0. The number of ether oxygens (including phenoxy) is 1. The smallest absolute Gasteiger partial charge is 0.340 e. The Hall–Kier alpha value is -2.10. The summed E-state index contributed by atoms with van der Waals surface area (Å²) in [5.41, 5.74) is 7.54. The van der Waals surface area contributed by atoms with Crippen LogP contribution in [0.5, 0.6) is 0 Å². The summed E-state index contributed by atoms with van der Waals surface area (Å²) in [4.78, 5) is 20.0. The normalized spacial score (nSPS) is 16.7. The molecule has 0 aromatic carbocycles. The average molecular weight is 286 g/mol. The highest BCUT2D eigenvalue weighted by molar-refractivity contribution is 6.03. The van der Waals surface area contributed by atoms with Crippen LogP contribution in [0.4, 0.5) is 0 Å². The predicted octanol–water partition coefficient (Wildman–Crippen LogP) is 3.96. The van der Waals surface area contributed by atoms with Crippen LogP contribution in [0.3, 0.4) is 0 Å². The molecular weight excluding hydrogens is 264 g/mol. The molecule has 1 N–H and O–H groups in total. The van der Waals surface area contributed by atoms with E-state index in [1.165, 1.54) is 5.57 Å². The maximum absolute atomic E-state index is 12.2. The van der Waals surface area contributed by atoms with Crippen LogP contribution in [-0.4, -0.2) is 23.3 Å². The zero-order chi connectivity index (χ0) is 15.7. The van der Waals surface area contributed by atoms with Crippen LogP contribution < -0.4 is 0 Å². The number of aromatic nitrogens is 1. The maximum atomic E-state index is 12.2. The van der Waals surface area contributed by atoms with Gasteiger partial charge in [-0.3, -0.25) is 4.99 Å². The van der Waals surface area contributed by atoms with Gasteiger partial charge in [0.1, 0.15) is 0 Å². The summed E-state index contributed by atoms with van der Waals surface area (Å²) in [5.74, 6) is -0.289. The van der Waals surface area contributed by atoms with Gasteiger partial charge in [-0.15, -0.1) is 0 Å². The van der Waals surface area contributed by atoms with Crippen molar-refractivity contribution in [2.24, 2.45) is 4.99 Å². The second kappa shape index (κ2) is 5.72. The fraction of sp³-hybridized carbons (Fsp3) is 0.412. The Morgan fingerprint density at radius 2 is 1.86 bits per heavy atom. The molecule has 0 fully saturated rings. The van der Waals surface area contributed by atoms with Crippen LogP contribution in [0.25, 0.3) is 6.08 Å². The summed E-state index contributed by atoms with van der Waals surface area (Å²) in [6.07, 6.45) is 1.93. The van der Waals surface area contributed by atoms with Crippen molar-refractivity contribution in [2.45, 2.75) is 41.5 Å². The summed E-state index contributed by atoms with van der Waals surface area (Å²) in [6, 6.07) is 0. The van der Waals surface area contributed by atoms with Gasteiger partial charge in [0.25, 0.3) is 0 Å². The second-order valence-corrected chi connectivity index (χ2v) is 5.36. The third-order valence-electron chi connectivity index (χ3n) is 4.07. The van der Waals surface area contributed by atoms with Gasteiger partial charge in [0, 0.05) is 11.4 Å². The third-order valence-corrected chi connectivity index (χ3v) is 4.07. The fourth-order valence-corrected chi connectivity index (χ4v) is 2.41. The van der Waals surface area contributed by atoms with E-state index in [4.69, 9.17) is 4.74 Å². The fourth-order valence-electron chi connectivity index (χ4n) is 2.41. The minimum atomic E-state index is -0.289. The highest BCUT2D eigenvalue weighted by atomic mass is 16.5. The van der Waals surface area contributed by atoms with Crippen LogP contribution in [0.1, 0.15) is 55.0 Å². The van der Waals surface area contributed by atoms with Crippen molar-refractivity contribution >= 4 is 17.8 Å². The van der Waals surface area contributed by atoms with E-state index in [1.54, 1.807) is 0 Å². The number of hydrogen-bond acceptors (Lipinski definition) is 3. The quantitative estimate of drug-likeness (QED) is 0.855. The summed E-state index contributed by atoms with van der Waals surface area (Å²) < 4.78 is 5.16. The highest BCUT2D eigenvalue weighted by Gasteiger charge is 2.21. The lowest BCUT2D eigenvalue weighted by Crippen LogP contribution is -2.07. The average Bonchev–Trinajstić information content (AvgIpc) is 2.83. The molecule has 2 heterocycles. The largest absolute Gasteiger partial charge is 0.462 e. The molecule has 0 spiro atoms. The Morgan fingerprint density at radius 1 is 1.19 bits per heavy atom. The molecule has 0 radical (unpaired) electrons. The number of hydrogen-bond donors (Lipinski definition) is 1. The topological polar surface area (TPSA) is 54.4 Å². The Balaban J connectivity index is 2.52. The number of rotatable bonds is 3. The van der Waals surface area contributed by atoms with Crippen molar-refractivity contribution in [3.63, 3.8) is 0 Å². The van der Waals surface area contributed by atoms with Crippen molar-refractivity contribution in [3.05, 3.63) is 39.4 Å². The van der Waals surface area contributed by atoms with E-state index < -0.39 is 0 Å². The number of H-pyrrole nitrogens is 1. The van der Waals surface area contributed by atoms with Crippen molar-refractivity contribution < 1.29 is 9.53 Å². The summed E-state index contributed by atoms with van der Waals surface area (Å²) >= 11 is 0.